The third kappa shape index (κ3) is 2.49. The van der Waals surface area contributed by atoms with Gasteiger partial charge in [0.15, 0.2) is 5.13 Å². The summed E-state index contributed by atoms with van der Waals surface area (Å²) in [5.74, 6) is -0.327. The van der Waals surface area contributed by atoms with Crippen molar-refractivity contribution in [2.45, 2.75) is 31.6 Å². The van der Waals surface area contributed by atoms with Crippen LogP contribution in [0.25, 0.3) is 10.2 Å². The molecule has 0 aliphatic heterocycles. The summed E-state index contributed by atoms with van der Waals surface area (Å²) in [6.45, 7) is 2.04. The van der Waals surface area contributed by atoms with E-state index in [0.717, 1.165) is 35.0 Å². The average Bonchev–Trinajstić information content (AvgIpc) is 2.89. The Kier molecular flexibility index (Phi) is 3.61. The molecule has 4 rings (SSSR count). The lowest BCUT2D eigenvalue weighted by Gasteiger charge is -2.40. The molecule has 0 spiro atoms. The number of halogens is 1. The molecule has 0 bridgehead atoms. The van der Waals surface area contributed by atoms with Crippen molar-refractivity contribution in [2.24, 2.45) is 0 Å². The summed E-state index contributed by atoms with van der Waals surface area (Å²) in [4.78, 5) is 17.4. The van der Waals surface area contributed by atoms with Crippen LogP contribution in [0.15, 0.2) is 42.5 Å². The van der Waals surface area contributed by atoms with Crippen LogP contribution < -0.4 is 5.32 Å². The Labute approximate surface area is 143 Å². The molecule has 0 atom stereocenters. The van der Waals surface area contributed by atoms with E-state index < -0.39 is 5.41 Å². The highest BCUT2D eigenvalue weighted by Gasteiger charge is 2.45. The molecular formula is C19H17FN2OS. The summed E-state index contributed by atoms with van der Waals surface area (Å²) in [7, 11) is 0. The zero-order valence-electron chi connectivity index (χ0n) is 13.3. The van der Waals surface area contributed by atoms with Crippen LogP contribution in [0.2, 0.25) is 0 Å². The highest BCUT2D eigenvalue weighted by atomic mass is 32.1. The van der Waals surface area contributed by atoms with E-state index in [4.69, 9.17) is 0 Å². The molecule has 5 heteroatoms. The minimum Gasteiger partial charge on any atom is -0.301 e. The van der Waals surface area contributed by atoms with Gasteiger partial charge in [-0.05, 0) is 55.2 Å². The second-order valence-electron chi connectivity index (χ2n) is 6.39. The van der Waals surface area contributed by atoms with Crippen LogP contribution in [-0.4, -0.2) is 10.9 Å². The van der Waals surface area contributed by atoms with Gasteiger partial charge in [0.05, 0.1) is 15.6 Å². The molecule has 1 N–H and O–H groups in total. The first kappa shape index (κ1) is 15.3. The standard InChI is InChI=1S/C19H17FN2OS/c1-12-3-8-15-16(11-12)24-18(21-15)22-17(23)19(9-2-10-19)13-4-6-14(20)7-5-13/h3-8,11H,2,9-10H2,1H3,(H,21,22,23). The van der Waals surface area contributed by atoms with Gasteiger partial charge in [0.25, 0.3) is 0 Å². The van der Waals surface area contributed by atoms with Crippen LogP contribution in [0, 0.1) is 12.7 Å². The molecule has 24 heavy (non-hydrogen) atoms. The number of amides is 1. The van der Waals surface area contributed by atoms with Gasteiger partial charge >= 0.3 is 0 Å². The molecule has 0 saturated heterocycles. The summed E-state index contributed by atoms with van der Waals surface area (Å²) < 4.78 is 14.3. The zero-order chi connectivity index (χ0) is 16.7. The molecule has 1 aliphatic carbocycles. The Bertz CT molecular complexity index is 913. The van der Waals surface area contributed by atoms with Crippen molar-refractivity contribution in [1.82, 2.24) is 4.98 Å². The predicted octanol–water partition coefficient (Wildman–Crippen LogP) is 4.80. The van der Waals surface area contributed by atoms with E-state index in [1.54, 1.807) is 12.1 Å². The number of nitrogens with one attached hydrogen (secondary N) is 1. The first-order valence-electron chi connectivity index (χ1n) is 8.02. The molecule has 1 saturated carbocycles. The highest BCUT2D eigenvalue weighted by Crippen LogP contribution is 2.45. The first-order chi connectivity index (χ1) is 11.6. The van der Waals surface area contributed by atoms with Crippen LogP contribution >= 0.6 is 11.3 Å². The maximum atomic E-state index is 13.2. The van der Waals surface area contributed by atoms with E-state index in [2.05, 4.69) is 16.4 Å². The van der Waals surface area contributed by atoms with Crippen molar-refractivity contribution in [1.29, 1.82) is 0 Å². The van der Waals surface area contributed by atoms with Crippen LogP contribution in [0.1, 0.15) is 30.4 Å². The molecule has 1 aliphatic rings. The normalized spacial score (nSPS) is 15.9. The Morgan fingerprint density at radius 3 is 2.62 bits per heavy atom. The summed E-state index contributed by atoms with van der Waals surface area (Å²) in [6.07, 6.45) is 2.58. The maximum Gasteiger partial charge on any atom is 0.236 e. The number of carbonyl (C=O) groups excluding carboxylic acids is 1. The topological polar surface area (TPSA) is 42.0 Å². The molecule has 0 radical (unpaired) electrons. The summed E-state index contributed by atoms with van der Waals surface area (Å²) in [6, 6.07) is 12.3. The summed E-state index contributed by atoms with van der Waals surface area (Å²) in [5.41, 5.74) is 2.39. The van der Waals surface area contributed by atoms with Gasteiger partial charge in [0.1, 0.15) is 5.82 Å². The van der Waals surface area contributed by atoms with Gasteiger partial charge in [-0.15, -0.1) is 0 Å². The number of aryl methyl sites for hydroxylation is 1. The summed E-state index contributed by atoms with van der Waals surface area (Å²) in [5, 5.41) is 3.60. The number of nitrogens with zero attached hydrogens (tertiary/aromatic N) is 1. The fraction of sp³-hybridized carbons (Fsp3) is 0.263. The average molecular weight is 340 g/mol. The number of hydrogen-bond acceptors (Lipinski definition) is 3. The van der Waals surface area contributed by atoms with Gasteiger partial charge in [-0.1, -0.05) is 36.0 Å². The highest BCUT2D eigenvalue weighted by molar-refractivity contribution is 7.22. The Morgan fingerprint density at radius 2 is 1.96 bits per heavy atom. The largest absolute Gasteiger partial charge is 0.301 e. The quantitative estimate of drug-likeness (QED) is 0.744. The smallest absolute Gasteiger partial charge is 0.236 e. The van der Waals surface area contributed by atoms with Crippen LogP contribution in [0.5, 0.6) is 0 Å². The van der Waals surface area contributed by atoms with E-state index >= 15 is 0 Å². The minimum atomic E-state index is -0.554. The van der Waals surface area contributed by atoms with Crippen molar-refractivity contribution in [2.75, 3.05) is 5.32 Å². The fourth-order valence-corrected chi connectivity index (χ4v) is 4.21. The van der Waals surface area contributed by atoms with Crippen LogP contribution in [0.4, 0.5) is 9.52 Å². The maximum absolute atomic E-state index is 13.2. The lowest BCUT2D eigenvalue weighted by molar-refractivity contribution is -0.124. The third-order valence-corrected chi connectivity index (χ3v) is 5.74. The predicted molar refractivity (Wildman–Crippen MR) is 94.9 cm³/mol. The third-order valence-electron chi connectivity index (χ3n) is 4.80. The first-order valence-corrected chi connectivity index (χ1v) is 8.83. The van der Waals surface area contributed by atoms with Crippen molar-refractivity contribution in [3.05, 3.63) is 59.4 Å². The number of carbonyl (C=O) groups is 1. The zero-order valence-corrected chi connectivity index (χ0v) is 14.1. The van der Waals surface area contributed by atoms with Gasteiger partial charge in [-0.2, -0.15) is 0 Å². The van der Waals surface area contributed by atoms with E-state index in [0.29, 0.717) is 5.13 Å². The van der Waals surface area contributed by atoms with E-state index in [-0.39, 0.29) is 11.7 Å². The van der Waals surface area contributed by atoms with Crippen LogP contribution in [0.3, 0.4) is 0 Å². The van der Waals surface area contributed by atoms with Gasteiger partial charge in [-0.3, -0.25) is 4.79 Å². The number of thiazole rings is 1. The van der Waals surface area contributed by atoms with Crippen molar-refractivity contribution < 1.29 is 9.18 Å². The van der Waals surface area contributed by atoms with E-state index in [1.807, 2.05) is 19.1 Å². The Hall–Kier alpha value is -2.27. The fourth-order valence-electron chi connectivity index (χ4n) is 3.25. The lowest BCUT2D eigenvalue weighted by Crippen LogP contribution is -2.46. The van der Waals surface area contributed by atoms with Gasteiger partial charge in [0.2, 0.25) is 5.91 Å². The van der Waals surface area contributed by atoms with Gasteiger partial charge < -0.3 is 5.32 Å². The number of rotatable bonds is 3. The van der Waals surface area contributed by atoms with E-state index in [1.165, 1.54) is 29.0 Å². The molecule has 3 aromatic rings. The number of fused-ring (bicyclic) bond motifs is 1. The van der Waals surface area contributed by atoms with Crippen LogP contribution in [-0.2, 0) is 10.2 Å². The van der Waals surface area contributed by atoms with E-state index in [9.17, 15) is 9.18 Å². The monoisotopic (exact) mass is 340 g/mol. The number of benzene rings is 2. The van der Waals surface area contributed by atoms with Gasteiger partial charge in [0, 0.05) is 0 Å². The molecule has 1 heterocycles. The SMILES string of the molecule is Cc1ccc2nc(NC(=O)C3(c4ccc(F)cc4)CCC3)sc2c1. The molecule has 1 aromatic heterocycles. The number of anilines is 1. The Balaban J connectivity index is 1.62. The lowest BCUT2D eigenvalue weighted by atomic mass is 9.64. The second-order valence-corrected chi connectivity index (χ2v) is 7.42. The van der Waals surface area contributed by atoms with Gasteiger partial charge in [-0.25, -0.2) is 9.37 Å². The molecule has 3 nitrogen and oxygen atoms in total. The Morgan fingerprint density at radius 1 is 1.21 bits per heavy atom. The molecule has 1 fully saturated rings. The number of hydrogen-bond donors (Lipinski definition) is 1. The molecule has 2 aromatic carbocycles. The van der Waals surface area contributed by atoms with Crippen molar-refractivity contribution in [3.63, 3.8) is 0 Å². The second kappa shape index (κ2) is 5.67. The minimum absolute atomic E-state index is 0.0452. The van der Waals surface area contributed by atoms with Crippen molar-refractivity contribution in [3.8, 4) is 0 Å². The number of aromatic nitrogens is 1. The molecule has 122 valence electrons. The summed E-state index contributed by atoms with van der Waals surface area (Å²) >= 11 is 1.49. The molecule has 1 amide bonds. The molecule has 0 unspecified atom stereocenters. The van der Waals surface area contributed by atoms with Crippen molar-refractivity contribution >= 4 is 32.6 Å². The molecular weight excluding hydrogens is 323 g/mol.